The van der Waals surface area contributed by atoms with Crippen LogP contribution in [0.25, 0.3) is 0 Å². The van der Waals surface area contributed by atoms with E-state index in [1.807, 2.05) is 0 Å². The van der Waals surface area contributed by atoms with Gasteiger partial charge in [0.2, 0.25) is 35.8 Å². The summed E-state index contributed by atoms with van der Waals surface area (Å²) in [6.45, 7) is 0. The molecule has 3 rings (SSSR count). The second-order valence-corrected chi connectivity index (χ2v) is 9.33. The van der Waals surface area contributed by atoms with Crippen LogP contribution < -0.4 is 10.2 Å². The first-order valence-corrected chi connectivity index (χ1v) is 9.88. The zero-order chi connectivity index (χ0) is 24.9. The van der Waals surface area contributed by atoms with E-state index in [1.165, 1.54) is 28.5 Å². The van der Waals surface area contributed by atoms with Crippen molar-refractivity contribution >= 4 is 92.0 Å². The van der Waals surface area contributed by atoms with Crippen molar-refractivity contribution in [2.45, 2.75) is 22.1 Å². The fraction of sp³-hybridized carbons (Fsp3) is 0.308. The number of hydrogen-bond acceptors (Lipinski definition) is 8. The van der Waals surface area contributed by atoms with Crippen LogP contribution in [0.4, 0.5) is 10.1 Å². The number of amides is 3. The normalized spacial score (nSPS) is 34.7. The Balaban J connectivity index is 2.43. The number of phenols is 1. The minimum atomic E-state index is -2.57. The van der Waals surface area contributed by atoms with Gasteiger partial charge in [0.05, 0.1) is 11.2 Å². The molecule has 1 saturated heterocycles. The number of aromatic hydroxyl groups is 1. The van der Waals surface area contributed by atoms with Gasteiger partial charge in [-0.2, -0.15) is 0 Å². The zero-order valence-corrected chi connectivity index (χ0v) is 19.2. The molecule has 2 aliphatic rings. The van der Waals surface area contributed by atoms with Crippen LogP contribution in [0.15, 0.2) is 0 Å². The largest absolute Gasteiger partial charge is 0.503 e. The van der Waals surface area contributed by atoms with Crippen LogP contribution >= 0.6 is 0 Å². The molecule has 0 aliphatic carbocycles. The molecule has 10 nitrogen and oxygen atoms in total. The highest BCUT2D eigenvalue weighted by molar-refractivity contribution is 6.51. The molecule has 0 radical (unpaired) electrons. The lowest BCUT2D eigenvalue weighted by molar-refractivity contribution is -0.192. The molecule has 160 valence electrons. The molecule has 4 unspecified atom stereocenters. The van der Waals surface area contributed by atoms with Gasteiger partial charge in [-0.05, 0) is 5.46 Å². The first-order valence-electron chi connectivity index (χ1n) is 9.88. The molecule has 19 heteroatoms. The van der Waals surface area contributed by atoms with Crippen LogP contribution in [0.2, 0.25) is 0 Å². The number of nitrogens with zero attached hydrogens (tertiary/aromatic N) is 3. The fourth-order valence-corrected chi connectivity index (χ4v) is 4.99. The number of hydrogen-bond donors (Lipinski definition) is 4. The Bertz CT molecular complexity index is 1100. The van der Waals surface area contributed by atoms with E-state index in [2.05, 4.69) is 0 Å². The molecule has 2 aliphatic heterocycles. The third-order valence-corrected chi connectivity index (χ3v) is 7.18. The molecule has 1 aromatic rings. The van der Waals surface area contributed by atoms with Crippen molar-refractivity contribution in [2.75, 3.05) is 4.72 Å². The molecule has 4 atom stereocenters. The van der Waals surface area contributed by atoms with E-state index in [1.54, 1.807) is 0 Å². The number of piperidine rings is 1. The number of anilines is 1. The van der Waals surface area contributed by atoms with E-state index in [9.17, 15) is 39.2 Å². The minimum absolute atomic E-state index is 0.173. The van der Waals surface area contributed by atoms with E-state index in [4.69, 9.17) is 0 Å². The topological polar surface area (TPSA) is 142 Å². The number of carbonyl (C=O) groups is 3. The highest BCUT2D eigenvalue weighted by atomic mass is 19.1. The molecule has 3 amide bonds. The standard InChI is InChI=1S/C13H20B8FN3O7/c14-3-1-2(5(25(20)21)6(26)4(3)22)12(17,31)24(7(1)27)10(15)8(28)23(19)9(29)11(16,30)13(10,18)32/h26,30-32H,14-21H2. The van der Waals surface area contributed by atoms with Crippen LogP contribution in [-0.2, 0) is 15.2 Å². The van der Waals surface area contributed by atoms with Gasteiger partial charge in [-0.15, -0.1) is 0 Å². The Kier molecular flexibility index (Phi) is 5.07. The van der Waals surface area contributed by atoms with Crippen molar-refractivity contribution in [1.29, 1.82) is 0 Å². The summed E-state index contributed by atoms with van der Waals surface area (Å²) in [6, 6.07) is 0. The van der Waals surface area contributed by atoms with E-state index in [0.717, 1.165) is 39.4 Å². The van der Waals surface area contributed by atoms with Crippen LogP contribution in [0.5, 0.6) is 5.75 Å². The number of rotatable bonds is 2. The molecule has 4 N–H and O–H groups in total. The number of carbonyl (C=O) groups excluding carboxylic acids is 3. The van der Waals surface area contributed by atoms with Crippen molar-refractivity contribution in [3.8, 4) is 5.75 Å². The number of aliphatic hydroxyl groups is 3. The predicted molar refractivity (Wildman–Crippen MR) is 133 cm³/mol. The first kappa shape index (κ1) is 24.4. The molecule has 1 aromatic carbocycles. The lowest BCUT2D eigenvalue weighted by atomic mass is 9.42. The van der Waals surface area contributed by atoms with E-state index >= 15 is 0 Å². The summed E-state index contributed by atoms with van der Waals surface area (Å²) >= 11 is 0. The second-order valence-electron chi connectivity index (χ2n) is 9.33. The third-order valence-electron chi connectivity index (χ3n) is 7.18. The van der Waals surface area contributed by atoms with Crippen molar-refractivity contribution in [1.82, 2.24) is 9.71 Å². The summed E-state index contributed by atoms with van der Waals surface area (Å²) in [6.07, 6.45) is 0. The van der Waals surface area contributed by atoms with E-state index in [-0.39, 0.29) is 22.3 Å². The van der Waals surface area contributed by atoms with Crippen LogP contribution in [0.1, 0.15) is 15.9 Å². The maximum atomic E-state index is 14.8. The lowest BCUT2D eigenvalue weighted by Crippen LogP contribution is -2.88. The van der Waals surface area contributed by atoms with Crippen LogP contribution in [0, 0.1) is 5.82 Å². The summed E-state index contributed by atoms with van der Waals surface area (Å²) in [5.41, 5.74) is -10.7. The van der Waals surface area contributed by atoms with Crippen LogP contribution in [0.3, 0.4) is 0 Å². The average molecular weight is 436 g/mol. The fourth-order valence-electron chi connectivity index (χ4n) is 4.99. The molecule has 0 spiro atoms. The Hall–Kier alpha value is -2.24. The van der Waals surface area contributed by atoms with Gasteiger partial charge in [-0.3, -0.25) is 14.4 Å². The quantitative estimate of drug-likeness (QED) is 0.265. The van der Waals surface area contributed by atoms with Crippen molar-refractivity contribution in [3.63, 3.8) is 0 Å². The van der Waals surface area contributed by atoms with Gasteiger partial charge in [0, 0.05) is 11.1 Å². The molecule has 0 saturated carbocycles. The van der Waals surface area contributed by atoms with E-state index in [0.29, 0.717) is 9.71 Å². The molecule has 32 heavy (non-hydrogen) atoms. The van der Waals surface area contributed by atoms with Gasteiger partial charge < -0.3 is 34.9 Å². The van der Waals surface area contributed by atoms with Crippen molar-refractivity contribution in [2.24, 2.45) is 0 Å². The number of benzene rings is 1. The number of fused-ring (bicyclic) bond motifs is 1. The van der Waals surface area contributed by atoms with Gasteiger partial charge in [-0.25, -0.2) is 4.39 Å². The molecule has 0 aromatic heterocycles. The minimum Gasteiger partial charge on any atom is -0.503 e. The Morgan fingerprint density at radius 3 is 1.94 bits per heavy atom. The number of halogens is 1. The predicted octanol–water partition coefficient (Wildman–Crippen LogP) is -11.2. The van der Waals surface area contributed by atoms with Crippen LogP contribution in [-0.4, -0.2) is 127 Å². The summed E-state index contributed by atoms with van der Waals surface area (Å²) < 4.78 is 16.1. The molecule has 1 fully saturated rings. The van der Waals surface area contributed by atoms with Gasteiger partial charge in [0.15, 0.2) is 35.1 Å². The summed E-state index contributed by atoms with van der Waals surface area (Å²) in [5, 5.41) is 44.3. The SMILES string of the molecule is Bc1c(F)c(O)c(N(B)B)c2c1C(=O)N(C1(B)C(=O)N(B)C(=O)C(B)(O)C1(B)O)C2(B)O. The Labute approximate surface area is 190 Å². The maximum Gasteiger partial charge on any atom is 0.256 e. The Morgan fingerprint density at radius 2 is 1.47 bits per heavy atom. The summed E-state index contributed by atoms with van der Waals surface area (Å²) in [7, 11) is 9.53. The maximum absolute atomic E-state index is 14.8. The van der Waals surface area contributed by atoms with Gasteiger partial charge in [0.1, 0.15) is 32.3 Å². The van der Waals surface area contributed by atoms with Crippen molar-refractivity contribution < 1.29 is 39.2 Å². The number of imide groups is 1. The summed E-state index contributed by atoms with van der Waals surface area (Å²) in [5.74, 6) is -5.05. The molecule has 0 bridgehead atoms. The molecular weight excluding hydrogens is 416 g/mol. The molecular formula is C13H20B8FN3O7. The van der Waals surface area contributed by atoms with Gasteiger partial charge in [0.25, 0.3) is 5.91 Å². The second kappa shape index (κ2) is 6.64. The highest BCUT2D eigenvalue weighted by Crippen LogP contribution is 2.50. The third kappa shape index (κ3) is 2.47. The van der Waals surface area contributed by atoms with Gasteiger partial charge in [-0.1, -0.05) is 0 Å². The van der Waals surface area contributed by atoms with E-state index < -0.39 is 51.4 Å². The summed E-state index contributed by atoms with van der Waals surface area (Å²) in [4.78, 5) is 40.8. The van der Waals surface area contributed by atoms with Crippen molar-refractivity contribution in [3.05, 3.63) is 16.9 Å². The highest BCUT2D eigenvalue weighted by Gasteiger charge is 2.72. The number of phenolic OH excluding ortho intramolecular Hbond substituents is 1. The first-order chi connectivity index (χ1) is 14.3. The molecule has 2 heterocycles. The lowest BCUT2D eigenvalue weighted by Gasteiger charge is -2.60. The smallest absolute Gasteiger partial charge is 0.256 e. The van der Waals surface area contributed by atoms with Gasteiger partial charge >= 0.3 is 0 Å². The zero-order valence-electron chi connectivity index (χ0n) is 19.2. The average Bonchev–Trinajstić information content (AvgIpc) is 2.88. The monoisotopic (exact) mass is 437 g/mol. The Morgan fingerprint density at radius 1 is 0.969 bits per heavy atom.